The van der Waals surface area contributed by atoms with Gasteiger partial charge in [-0.15, -0.1) is 0 Å². The van der Waals surface area contributed by atoms with Crippen LogP contribution in [0.2, 0.25) is 0 Å². The Hall–Kier alpha value is -1.69. The van der Waals surface area contributed by atoms with E-state index in [0.29, 0.717) is 5.92 Å². The predicted octanol–water partition coefficient (Wildman–Crippen LogP) is 3.26. The molecule has 0 spiro atoms. The molecule has 1 aliphatic heterocycles. The van der Waals surface area contributed by atoms with E-state index < -0.39 is 0 Å². The molecule has 0 bridgehead atoms. The fraction of sp³-hybridized carbons (Fsp3) is 0.688. The van der Waals surface area contributed by atoms with Gasteiger partial charge in [0, 0.05) is 5.92 Å². The lowest BCUT2D eigenvalue weighted by molar-refractivity contribution is 0.121. The van der Waals surface area contributed by atoms with Gasteiger partial charge in [-0.05, 0) is 33.2 Å². The maximum atomic E-state index is 5.75. The zero-order valence-electron chi connectivity index (χ0n) is 13.9. The van der Waals surface area contributed by atoms with Crippen LogP contribution in [0.1, 0.15) is 74.1 Å². The van der Waals surface area contributed by atoms with Gasteiger partial charge in [-0.3, -0.25) is 10.00 Å². The molecule has 0 amide bonds. The SMILES string of the molecule is Cc1nc(CN2CCCCC2c2nc(C(C)C)n[nH]2)oc1C. The molecule has 0 radical (unpaired) electrons. The summed E-state index contributed by atoms with van der Waals surface area (Å²) in [5.41, 5.74) is 0.977. The first kappa shape index (κ1) is 15.2. The molecule has 1 N–H and O–H groups in total. The van der Waals surface area contributed by atoms with Gasteiger partial charge >= 0.3 is 0 Å². The Balaban J connectivity index is 1.78. The molecule has 2 aromatic heterocycles. The van der Waals surface area contributed by atoms with E-state index in [2.05, 4.69) is 38.9 Å². The molecule has 1 aliphatic rings. The summed E-state index contributed by atoms with van der Waals surface area (Å²) in [4.78, 5) is 11.6. The Labute approximate surface area is 131 Å². The average Bonchev–Trinajstić information content (AvgIpc) is 3.08. The molecule has 1 unspecified atom stereocenters. The topological polar surface area (TPSA) is 70.8 Å². The fourth-order valence-corrected chi connectivity index (χ4v) is 2.97. The van der Waals surface area contributed by atoms with Crippen molar-refractivity contribution in [2.45, 2.75) is 65.5 Å². The Bertz CT molecular complexity index is 611. The van der Waals surface area contributed by atoms with Crippen molar-refractivity contribution < 1.29 is 4.42 Å². The third-order valence-electron chi connectivity index (χ3n) is 4.38. The number of piperidine rings is 1. The van der Waals surface area contributed by atoms with Crippen LogP contribution < -0.4 is 0 Å². The van der Waals surface area contributed by atoms with Gasteiger partial charge < -0.3 is 4.42 Å². The van der Waals surface area contributed by atoms with Crippen LogP contribution in [0.5, 0.6) is 0 Å². The van der Waals surface area contributed by atoms with E-state index >= 15 is 0 Å². The van der Waals surface area contributed by atoms with Crippen molar-refractivity contribution in [1.82, 2.24) is 25.1 Å². The van der Waals surface area contributed by atoms with Crippen molar-refractivity contribution in [1.29, 1.82) is 0 Å². The van der Waals surface area contributed by atoms with Crippen molar-refractivity contribution in [3.63, 3.8) is 0 Å². The third-order valence-corrected chi connectivity index (χ3v) is 4.38. The summed E-state index contributed by atoms with van der Waals surface area (Å²) in [6, 6.07) is 0.279. The molecule has 1 saturated heterocycles. The molecule has 1 atom stereocenters. The minimum absolute atomic E-state index is 0.279. The molecule has 2 aromatic rings. The van der Waals surface area contributed by atoms with Crippen molar-refractivity contribution in [2.24, 2.45) is 0 Å². The Morgan fingerprint density at radius 1 is 1.27 bits per heavy atom. The number of aromatic amines is 1. The number of hydrogen-bond donors (Lipinski definition) is 1. The number of hydrogen-bond acceptors (Lipinski definition) is 5. The largest absolute Gasteiger partial charge is 0.444 e. The molecule has 3 rings (SSSR count). The number of H-pyrrole nitrogens is 1. The molecule has 6 heteroatoms. The van der Waals surface area contributed by atoms with Gasteiger partial charge in [-0.1, -0.05) is 20.3 Å². The molecule has 1 fully saturated rings. The first-order valence-electron chi connectivity index (χ1n) is 8.13. The first-order chi connectivity index (χ1) is 10.5. The van der Waals surface area contributed by atoms with Crippen LogP contribution in [0.3, 0.4) is 0 Å². The first-order valence-corrected chi connectivity index (χ1v) is 8.13. The summed E-state index contributed by atoms with van der Waals surface area (Å²) in [5.74, 6) is 3.92. The molecule has 22 heavy (non-hydrogen) atoms. The highest BCUT2D eigenvalue weighted by atomic mass is 16.4. The van der Waals surface area contributed by atoms with E-state index in [1.807, 2.05) is 13.8 Å². The van der Waals surface area contributed by atoms with Gasteiger partial charge in [0.15, 0.2) is 5.82 Å². The minimum atomic E-state index is 0.279. The number of likely N-dealkylation sites (tertiary alicyclic amines) is 1. The average molecular weight is 303 g/mol. The molecule has 6 nitrogen and oxygen atoms in total. The highest BCUT2D eigenvalue weighted by molar-refractivity contribution is 5.06. The van der Waals surface area contributed by atoms with Gasteiger partial charge in [-0.2, -0.15) is 5.10 Å². The molecule has 0 aromatic carbocycles. The monoisotopic (exact) mass is 303 g/mol. The van der Waals surface area contributed by atoms with Crippen LogP contribution in [0.4, 0.5) is 0 Å². The van der Waals surface area contributed by atoms with E-state index in [1.165, 1.54) is 12.8 Å². The second-order valence-corrected chi connectivity index (χ2v) is 6.46. The zero-order valence-corrected chi connectivity index (χ0v) is 13.9. The lowest BCUT2D eigenvalue weighted by atomic mass is 10.0. The second-order valence-electron chi connectivity index (χ2n) is 6.46. The number of nitrogens with zero attached hydrogens (tertiary/aromatic N) is 4. The fourth-order valence-electron chi connectivity index (χ4n) is 2.97. The summed E-state index contributed by atoms with van der Waals surface area (Å²) in [5, 5.41) is 7.48. The van der Waals surface area contributed by atoms with E-state index in [0.717, 1.165) is 48.5 Å². The molecule has 3 heterocycles. The summed E-state index contributed by atoms with van der Waals surface area (Å²) in [7, 11) is 0. The van der Waals surface area contributed by atoms with Crippen molar-refractivity contribution >= 4 is 0 Å². The van der Waals surface area contributed by atoms with Crippen LogP contribution in [0.25, 0.3) is 0 Å². The lowest BCUT2D eigenvalue weighted by Gasteiger charge is -2.33. The molecule has 0 saturated carbocycles. The number of aromatic nitrogens is 4. The molecular formula is C16H25N5O. The maximum absolute atomic E-state index is 5.75. The van der Waals surface area contributed by atoms with Gasteiger partial charge in [0.2, 0.25) is 5.89 Å². The van der Waals surface area contributed by atoms with Gasteiger partial charge in [-0.25, -0.2) is 9.97 Å². The van der Waals surface area contributed by atoms with Crippen LogP contribution in [0.15, 0.2) is 4.42 Å². The number of aryl methyl sites for hydroxylation is 2. The maximum Gasteiger partial charge on any atom is 0.208 e. The van der Waals surface area contributed by atoms with E-state index in [-0.39, 0.29) is 6.04 Å². The summed E-state index contributed by atoms with van der Waals surface area (Å²) in [6.07, 6.45) is 3.54. The summed E-state index contributed by atoms with van der Waals surface area (Å²) < 4.78 is 5.75. The van der Waals surface area contributed by atoms with Crippen molar-refractivity contribution in [2.75, 3.05) is 6.54 Å². The van der Waals surface area contributed by atoms with Crippen molar-refractivity contribution in [3.8, 4) is 0 Å². The highest BCUT2D eigenvalue weighted by Crippen LogP contribution is 2.30. The molecule has 0 aliphatic carbocycles. The minimum Gasteiger partial charge on any atom is -0.444 e. The van der Waals surface area contributed by atoms with E-state index in [4.69, 9.17) is 4.42 Å². The van der Waals surface area contributed by atoms with Gasteiger partial charge in [0.1, 0.15) is 11.6 Å². The van der Waals surface area contributed by atoms with Crippen LogP contribution in [-0.4, -0.2) is 31.6 Å². The number of rotatable bonds is 4. The van der Waals surface area contributed by atoms with E-state index in [1.54, 1.807) is 0 Å². The Kier molecular flexibility index (Phi) is 4.29. The second kappa shape index (κ2) is 6.20. The van der Waals surface area contributed by atoms with Gasteiger partial charge in [0.25, 0.3) is 0 Å². The summed E-state index contributed by atoms with van der Waals surface area (Å²) in [6.45, 7) is 9.96. The third kappa shape index (κ3) is 3.06. The Morgan fingerprint density at radius 2 is 2.09 bits per heavy atom. The zero-order chi connectivity index (χ0) is 15.7. The van der Waals surface area contributed by atoms with Gasteiger partial charge in [0.05, 0.1) is 18.3 Å². The smallest absolute Gasteiger partial charge is 0.208 e. The quantitative estimate of drug-likeness (QED) is 0.938. The number of oxazole rings is 1. The van der Waals surface area contributed by atoms with E-state index in [9.17, 15) is 0 Å². The molecular weight excluding hydrogens is 278 g/mol. The summed E-state index contributed by atoms with van der Waals surface area (Å²) >= 11 is 0. The van der Waals surface area contributed by atoms with Crippen LogP contribution in [-0.2, 0) is 6.54 Å². The van der Waals surface area contributed by atoms with Crippen LogP contribution in [0, 0.1) is 13.8 Å². The van der Waals surface area contributed by atoms with Crippen molar-refractivity contribution in [3.05, 3.63) is 29.0 Å². The predicted molar refractivity (Wildman–Crippen MR) is 83.5 cm³/mol. The lowest BCUT2D eigenvalue weighted by Crippen LogP contribution is -2.33. The van der Waals surface area contributed by atoms with Crippen LogP contribution >= 0.6 is 0 Å². The standard InChI is InChI=1S/C16H25N5O/c1-10(2)15-18-16(20-19-15)13-7-5-6-8-21(13)9-14-17-11(3)12(4)22-14/h10,13H,5-9H2,1-4H3,(H,18,19,20). The Morgan fingerprint density at radius 3 is 2.73 bits per heavy atom. The normalized spacial score (nSPS) is 20.0. The molecule has 120 valence electrons. The number of nitrogens with one attached hydrogen (secondary N) is 1. The highest BCUT2D eigenvalue weighted by Gasteiger charge is 2.28.